The highest BCUT2D eigenvalue weighted by Crippen LogP contribution is 1.87. The fourth-order valence-corrected chi connectivity index (χ4v) is 1.02. The predicted molar refractivity (Wildman–Crippen MR) is 39.1 cm³/mol. The fourth-order valence-electron chi connectivity index (χ4n) is 1.02. The molecule has 1 amide bonds. The molecule has 0 N–H and O–H groups in total. The summed E-state index contributed by atoms with van der Waals surface area (Å²) >= 11 is 0. The Balaban J connectivity index is 2.83. The molecule has 2 heterocycles. The summed E-state index contributed by atoms with van der Waals surface area (Å²) in [5.41, 5.74) is 0.545. The zero-order chi connectivity index (χ0) is 7.68. The number of amides is 1. The van der Waals surface area contributed by atoms with Crippen molar-refractivity contribution in [3.63, 3.8) is 0 Å². The molecule has 54 valence electrons. The first-order valence-corrected chi connectivity index (χ1v) is 3.39. The number of fused-ring (bicyclic) bond motifs is 1. The van der Waals surface area contributed by atoms with Gasteiger partial charge in [-0.25, -0.2) is 4.98 Å². The van der Waals surface area contributed by atoms with Crippen LogP contribution >= 0.6 is 0 Å². The SMILES string of the molecule is O=C1CC=c2cccnc2=N1. The maximum Gasteiger partial charge on any atom is 0.251 e. The van der Waals surface area contributed by atoms with Gasteiger partial charge in [0.05, 0.1) is 0 Å². The summed E-state index contributed by atoms with van der Waals surface area (Å²) in [7, 11) is 0. The van der Waals surface area contributed by atoms with Gasteiger partial charge in [0.1, 0.15) is 0 Å². The van der Waals surface area contributed by atoms with Crippen molar-refractivity contribution in [3.8, 4) is 0 Å². The van der Waals surface area contributed by atoms with E-state index >= 15 is 0 Å². The molecule has 0 unspecified atom stereocenters. The van der Waals surface area contributed by atoms with Crippen molar-refractivity contribution in [1.82, 2.24) is 4.98 Å². The van der Waals surface area contributed by atoms with Crippen LogP contribution in [0.1, 0.15) is 6.42 Å². The van der Waals surface area contributed by atoms with E-state index in [2.05, 4.69) is 9.98 Å². The summed E-state index contributed by atoms with van der Waals surface area (Å²) in [4.78, 5) is 18.5. The van der Waals surface area contributed by atoms with E-state index in [1.165, 1.54) is 0 Å². The lowest BCUT2D eigenvalue weighted by molar-refractivity contribution is -0.117. The second-order valence-corrected chi connectivity index (χ2v) is 2.33. The molecule has 0 aromatic carbocycles. The van der Waals surface area contributed by atoms with Gasteiger partial charge in [-0.1, -0.05) is 6.08 Å². The molecule has 3 heteroatoms. The fraction of sp³-hybridized carbons (Fsp3) is 0.125. The smallest absolute Gasteiger partial charge is 0.251 e. The summed E-state index contributed by atoms with van der Waals surface area (Å²) in [5, 5.41) is 0.951. The van der Waals surface area contributed by atoms with Gasteiger partial charge in [-0.2, -0.15) is 4.99 Å². The van der Waals surface area contributed by atoms with Crippen LogP contribution in [0.2, 0.25) is 0 Å². The lowest BCUT2D eigenvalue weighted by atomic mass is 10.2. The van der Waals surface area contributed by atoms with Crippen molar-refractivity contribution in [2.24, 2.45) is 4.99 Å². The Kier molecular flexibility index (Phi) is 1.28. The first-order valence-electron chi connectivity index (χ1n) is 3.39. The van der Waals surface area contributed by atoms with Crippen LogP contribution < -0.4 is 10.7 Å². The monoisotopic (exact) mass is 146 g/mol. The third-order valence-electron chi connectivity index (χ3n) is 1.54. The van der Waals surface area contributed by atoms with Gasteiger partial charge in [0.2, 0.25) is 0 Å². The summed E-state index contributed by atoms with van der Waals surface area (Å²) in [5.74, 6) is -0.115. The molecule has 1 aliphatic heterocycles. The average Bonchev–Trinajstić information content (AvgIpc) is 2.04. The van der Waals surface area contributed by atoms with E-state index in [9.17, 15) is 4.79 Å². The zero-order valence-corrected chi connectivity index (χ0v) is 5.82. The van der Waals surface area contributed by atoms with Gasteiger partial charge in [-0.05, 0) is 12.1 Å². The summed E-state index contributed by atoms with van der Waals surface area (Å²) in [6.45, 7) is 0. The molecule has 0 saturated carbocycles. The van der Waals surface area contributed by atoms with E-state index in [-0.39, 0.29) is 5.91 Å². The lowest BCUT2D eigenvalue weighted by Gasteiger charge is -1.94. The average molecular weight is 146 g/mol. The van der Waals surface area contributed by atoms with Crippen LogP contribution in [0.25, 0.3) is 6.08 Å². The number of pyridine rings is 1. The van der Waals surface area contributed by atoms with Crippen LogP contribution in [0.3, 0.4) is 0 Å². The van der Waals surface area contributed by atoms with E-state index < -0.39 is 0 Å². The van der Waals surface area contributed by atoms with Crippen molar-refractivity contribution in [1.29, 1.82) is 0 Å². The van der Waals surface area contributed by atoms with Gasteiger partial charge in [0, 0.05) is 17.8 Å². The van der Waals surface area contributed by atoms with Crippen molar-refractivity contribution in [3.05, 3.63) is 29.0 Å². The molecule has 0 aliphatic carbocycles. The number of hydrogen-bond acceptors (Lipinski definition) is 2. The highest BCUT2D eigenvalue weighted by atomic mass is 16.1. The third kappa shape index (κ3) is 1.05. The van der Waals surface area contributed by atoms with Gasteiger partial charge in [-0.15, -0.1) is 0 Å². The van der Waals surface area contributed by atoms with Crippen molar-refractivity contribution < 1.29 is 4.79 Å². The molecule has 1 aromatic rings. The van der Waals surface area contributed by atoms with Gasteiger partial charge in [0.25, 0.3) is 5.91 Å². The number of nitrogens with zero attached hydrogens (tertiary/aromatic N) is 2. The van der Waals surface area contributed by atoms with E-state index in [1.807, 2.05) is 18.2 Å². The van der Waals surface area contributed by atoms with Gasteiger partial charge >= 0.3 is 0 Å². The molecule has 2 rings (SSSR count). The van der Waals surface area contributed by atoms with Crippen LogP contribution in [0.5, 0.6) is 0 Å². The molecule has 0 fully saturated rings. The third-order valence-corrected chi connectivity index (χ3v) is 1.54. The summed E-state index contributed by atoms with van der Waals surface area (Å²) in [6.07, 6.45) is 3.88. The van der Waals surface area contributed by atoms with Crippen LogP contribution in [-0.4, -0.2) is 10.9 Å². The summed E-state index contributed by atoms with van der Waals surface area (Å²) < 4.78 is 0. The number of carbonyl (C=O) groups excluding carboxylic acids is 1. The minimum Gasteiger partial charge on any atom is -0.272 e. The van der Waals surface area contributed by atoms with Gasteiger partial charge in [-0.3, -0.25) is 4.79 Å². The Bertz CT molecular complexity index is 408. The van der Waals surface area contributed by atoms with Gasteiger partial charge in [0.15, 0.2) is 5.49 Å². The van der Waals surface area contributed by atoms with Crippen molar-refractivity contribution in [2.75, 3.05) is 0 Å². The number of carbonyl (C=O) groups is 1. The minimum atomic E-state index is -0.115. The molecule has 3 nitrogen and oxygen atoms in total. The summed E-state index contributed by atoms with van der Waals surface area (Å²) in [6, 6.07) is 3.74. The molecule has 0 spiro atoms. The Morgan fingerprint density at radius 1 is 1.45 bits per heavy atom. The van der Waals surface area contributed by atoms with Crippen LogP contribution in [0.15, 0.2) is 23.3 Å². The van der Waals surface area contributed by atoms with Crippen LogP contribution in [-0.2, 0) is 4.79 Å². The van der Waals surface area contributed by atoms with Gasteiger partial charge < -0.3 is 0 Å². The first kappa shape index (κ1) is 6.22. The van der Waals surface area contributed by atoms with E-state index in [1.54, 1.807) is 6.20 Å². The molecular weight excluding hydrogens is 140 g/mol. The molecule has 0 bridgehead atoms. The van der Waals surface area contributed by atoms with E-state index in [0.29, 0.717) is 11.9 Å². The molecule has 11 heavy (non-hydrogen) atoms. The largest absolute Gasteiger partial charge is 0.272 e. The Morgan fingerprint density at radius 2 is 2.36 bits per heavy atom. The Labute approximate surface area is 63.1 Å². The maximum absolute atomic E-state index is 10.8. The van der Waals surface area contributed by atoms with Crippen molar-refractivity contribution >= 4 is 12.0 Å². The first-order chi connectivity index (χ1) is 5.36. The second-order valence-electron chi connectivity index (χ2n) is 2.33. The van der Waals surface area contributed by atoms with E-state index in [4.69, 9.17) is 0 Å². The Hall–Kier alpha value is -1.51. The molecular formula is C8H6N2O. The second kappa shape index (κ2) is 2.27. The lowest BCUT2D eigenvalue weighted by Crippen LogP contribution is -2.31. The Morgan fingerprint density at radius 3 is 3.27 bits per heavy atom. The topological polar surface area (TPSA) is 42.3 Å². The highest BCUT2D eigenvalue weighted by Gasteiger charge is 2.01. The van der Waals surface area contributed by atoms with Crippen LogP contribution in [0.4, 0.5) is 0 Å². The quantitative estimate of drug-likeness (QED) is 0.491. The van der Waals surface area contributed by atoms with Crippen LogP contribution in [0, 0.1) is 0 Å². The molecule has 1 aliphatic rings. The normalized spacial score (nSPS) is 14.7. The van der Waals surface area contributed by atoms with E-state index in [0.717, 1.165) is 5.22 Å². The molecule has 0 radical (unpaired) electrons. The maximum atomic E-state index is 10.8. The number of aromatic nitrogens is 1. The number of rotatable bonds is 0. The minimum absolute atomic E-state index is 0.115. The molecule has 0 saturated heterocycles. The van der Waals surface area contributed by atoms with Crippen molar-refractivity contribution in [2.45, 2.75) is 6.42 Å². The number of hydrogen-bond donors (Lipinski definition) is 0. The molecule has 1 aromatic heterocycles. The standard InChI is InChI=1S/C8H6N2O/c11-7-4-3-6-2-1-5-9-8(6)10-7/h1-3,5H,4H2. The zero-order valence-electron chi connectivity index (χ0n) is 5.82. The predicted octanol–water partition coefficient (Wildman–Crippen LogP) is -0.588. The molecule has 0 atom stereocenters. The highest BCUT2D eigenvalue weighted by molar-refractivity contribution is 5.82.